The molecule has 0 atom stereocenters. The summed E-state index contributed by atoms with van der Waals surface area (Å²) in [6.45, 7) is 0. The molecule has 0 aliphatic rings. The van der Waals surface area contributed by atoms with Crippen molar-refractivity contribution in [2.45, 2.75) is 0 Å². The van der Waals surface area contributed by atoms with Crippen LogP contribution in [0.1, 0.15) is 0 Å². The molecule has 5 nitrogen and oxygen atoms in total. The Morgan fingerprint density at radius 3 is 2.17 bits per heavy atom. The van der Waals surface area contributed by atoms with E-state index < -0.39 is 0 Å². The predicted molar refractivity (Wildman–Crippen MR) is 163 cm³/mol. The third kappa shape index (κ3) is 2.89. The van der Waals surface area contributed by atoms with Crippen molar-refractivity contribution in [2.24, 2.45) is 0 Å². The molecule has 4 aromatic heterocycles. The van der Waals surface area contributed by atoms with Gasteiger partial charge in [-0.3, -0.25) is 8.97 Å². The smallest absolute Gasteiger partial charge is 0.235 e. The minimum absolute atomic E-state index is 0.650. The van der Waals surface area contributed by atoms with Crippen molar-refractivity contribution in [3.63, 3.8) is 0 Å². The van der Waals surface area contributed by atoms with Crippen molar-refractivity contribution in [3.05, 3.63) is 128 Å². The zero-order valence-corrected chi connectivity index (χ0v) is 21.4. The van der Waals surface area contributed by atoms with Gasteiger partial charge in [0.15, 0.2) is 0 Å². The maximum absolute atomic E-state index is 5.28. The van der Waals surface area contributed by atoms with Gasteiger partial charge in [-0.1, -0.05) is 84.9 Å². The molecule has 5 aromatic carbocycles. The van der Waals surface area contributed by atoms with Crippen molar-refractivity contribution < 1.29 is 0 Å². The van der Waals surface area contributed by atoms with Crippen LogP contribution in [0.25, 0.3) is 77.4 Å². The van der Waals surface area contributed by atoms with Gasteiger partial charge in [0.2, 0.25) is 5.95 Å². The molecule has 186 valence electrons. The van der Waals surface area contributed by atoms with E-state index in [-0.39, 0.29) is 0 Å². The van der Waals surface area contributed by atoms with Crippen LogP contribution in [-0.2, 0) is 0 Å². The fourth-order valence-corrected chi connectivity index (χ4v) is 6.17. The summed E-state index contributed by atoms with van der Waals surface area (Å²) in [4.78, 5) is 15.6. The lowest BCUT2D eigenvalue weighted by molar-refractivity contribution is 1.02. The first-order valence-electron chi connectivity index (χ1n) is 13.4. The normalized spacial score (nSPS) is 12.0. The molecule has 0 unspecified atom stereocenters. The highest BCUT2D eigenvalue weighted by Gasteiger charge is 2.20. The number of nitrogens with zero attached hydrogens (tertiary/aromatic N) is 5. The van der Waals surface area contributed by atoms with Gasteiger partial charge in [-0.15, -0.1) is 0 Å². The van der Waals surface area contributed by atoms with Crippen LogP contribution >= 0.6 is 0 Å². The van der Waals surface area contributed by atoms with Crippen LogP contribution in [0.3, 0.4) is 0 Å². The third-order valence-electron chi connectivity index (χ3n) is 7.94. The Bertz CT molecular complexity index is 2430. The summed E-state index contributed by atoms with van der Waals surface area (Å²) >= 11 is 0. The van der Waals surface area contributed by atoms with Crippen LogP contribution in [0.15, 0.2) is 128 Å². The molecule has 0 radical (unpaired) electrons. The monoisotopic (exact) mass is 511 g/mol. The molecule has 0 aliphatic heterocycles. The van der Waals surface area contributed by atoms with E-state index in [1.54, 1.807) is 0 Å². The molecule has 9 rings (SSSR count). The highest BCUT2D eigenvalue weighted by Crippen LogP contribution is 2.38. The van der Waals surface area contributed by atoms with Crippen LogP contribution in [0.4, 0.5) is 0 Å². The zero-order chi connectivity index (χ0) is 26.2. The summed E-state index contributed by atoms with van der Waals surface area (Å²) in [5.41, 5.74) is 8.02. The first-order chi connectivity index (χ1) is 19.8. The molecule has 0 aliphatic carbocycles. The van der Waals surface area contributed by atoms with E-state index in [0.717, 1.165) is 71.4 Å². The zero-order valence-electron chi connectivity index (χ0n) is 21.4. The van der Waals surface area contributed by atoms with E-state index in [0.29, 0.717) is 5.95 Å². The van der Waals surface area contributed by atoms with Crippen molar-refractivity contribution >= 4 is 60.2 Å². The second-order valence-electron chi connectivity index (χ2n) is 10.1. The summed E-state index contributed by atoms with van der Waals surface area (Å²) in [5.74, 6) is 0.650. The lowest BCUT2D eigenvalue weighted by atomic mass is 10.0. The summed E-state index contributed by atoms with van der Waals surface area (Å²) in [6, 6.07) is 42.1. The number of aromatic nitrogens is 5. The van der Waals surface area contributed by atoms with Gasteiger partial charge in [0, 0.05) is 33.3 Å². The van der Waals surface area contributed by atoms with Gasteiger partial charge in [-0.05, 0) is 41.8 Å². The molecule has 0 N–H and O–H groups in total. The third-order valence-corrected chi connectivity index (χ3v) is 7.94. The molecular formula is C35H21N5. The van der Waals surface area contributed by atoms with Gasteiger partial charge < -0.3 is 0 Å². The highest BCUT2D eigenvalue weighted by atomic mass is 15.2. The van der Waals surface area contributed by atoms with Crippen molar-refractivity contribution in [1.82, 2.24) is 23.9 Å². The number of hydrogen-bond acceptors (Lipinski definition) is 3. The molecule has 5 heteroatoms. The average molecular weight is 512 g/mol. The Balaban J connectivity index is 1.46. The van der Waals surface area contributed by atoms with E-state index >= 15 is 0 Å². The first kappa shape index (κ1) is 21.4. The number of para-hydroxylation sites is 1. The number of imidazole rings is 1. The quantitative estimate of drug-likeness (QED) is 0.219. The maximum atomic E-state index is 5.28. The number of pyridine rings is 1. The second kappa shape index (κ2) is 7.98. The standard InChI is InChI=1S/C35H21N5/c1-2-11-23(12-3-1)32-26-18-17-22-10-4-5-13-24(22)33(26)38-35(37-32)40-27-15-7-6-14-25(27)31-28(40)19-20-29-34(31)36-30-16-8-9-21-39(29)30/h1-21H. The molecular weight excluding hydrogens is 490 g/mol. The van der Waals surface area contributed by atoms with Gasteiger partial charge in [0.05, 0.1) is 33.3 Å². The minimum atomic E-state index is 0.650. The molecule has 0 spiro atoms. The number of rotatable bonds is 2. The Morgan fingerprint density at radius 2 is 1.25 bits per heavy atom. The first-order valence-corrected chi connectivity index (χ1v) is 13.4. The van der Waals surface area contributed by atoms with E-state index in [2.05, 4.69) is 118 Å². The van der Waals surface area contributed by atoms with Crippen LogP contribution in [0.5, 0.6) is 0 Å². The molecule has 4 heterocycles. The number of hydrogen-bond donors (Lipinski definition) is 0. The SMILES string of the molecule is c1ccc(-c2nc(-n3c4ccccc4c4c5nc6ccccn6c5ccc43)nc3c2ccc2ccccc23)cc1. The van der Waals surface area contributed by atoms with Crippen LogP contribution in [-0.4, -0.2) is 23.9 Å². The molecule has 9 aromatic rings. The van der Waals surface area contributed by atoms with E-state index in [1.165, 1.54) is 0 Å². The maximum Gasteiger partial charge on any atom is 0.235 e. The summed E-state index contributed by atoms with van der Waals surface area (Å²) in [7, 11) is 0. The molecule has 40 heavy (non-hydrogen) atoms. The Hall–Kier alpha value is -5.55. The van der Waals surface area contributed by atoms with Gasteiger partial charge in [0.25, 0.3) is 0 Å². The fraction of sp³-hybridized carbons (Fsp3) is 0. The summed E-state index contributed by atoms with van der Waals surface area (Å²) < 4.78 is 4.34. The Morgan fingerprint density at radius 1 is 0.475 bits per heavy atom. The molecule has 0 fully saturated rings. The van der Waals surface area contributed by atoms with Crippen LogP contribution in [0.2, 0.25) is 0 Å². The number of benzene rings is 5. The second-order valence-corrected chi connectivity index (χ2v) is 10.1. The largest absolute Gasteiger partial charge is 0.300 e. The van der Waals surface area contributed by atoms with Gasteiger partial charge in [0.1, 0.15) is 5.65 Å². The number of fused-ring (bicyclic) bond motifs is 10. The van der Waals surface area contributed by atoms with E-state index in [9.17, 15) is 0 Å². The van der Waals surface area contributed by atoms with Gasteiger partial charge in [-0.25, -0.2) is 15.0 Å². The van der Waals surface area contributed by atoms with Crippen molar-refractivity contribution in [2.75, 3.05) is 0 Å². The lowest BCUT2D eigenvalue weighted by Gasteiger charge is -2.13. The van der Waals surface area contributed by atoms with E-state index in [4.69, 9.17) is 15.0 Å². The predicted octanol–water partition coefficient (Wildman–Crippen LogP) is 8.35. The Kier molecular flexibility index (Phi) is 4.27. The van der Waals surface area contributed by atoms with Gasteiger partial charge in [-0.2, -0.15) is 0 Å². The summed E-state index contributed by atoms with van der Waals surface area (Å²) in [6.07, 6.45) is 2.07. The highest BCUT2D eigenvalue weighted by molar-refractivity contribution is 6.20. The topological polar surface area (TPSA) is 48.0 Å². The molecule has 0 saturated carbocycles. The summed E-state index contributed by atoms with van der Waals surface area (Å²) in [5, 5.41) is 5.56. The van der Waals surface area contributed by atoms with Crippen molar-refractivity contribution in [3.8, 4) is 17.2 Å². The average Bonchev–Trinajstić information content (AvgIpc) is 3.56. The minimum Gasteiger partial charge on any atom is -0.300 e. The van der Waals surface area contributed by atoms with Crippen molar-refractivity contribution in [1.29, 1.82) is 0 Å². The van der Waals surface area contributed by atoms with Gasteiger partial charge >= 0.3 is 0 Å². The fourth-order valence-electron chi connectivity index (χ4n) is 6.17. The van der Waals surface area contributed by atoms with Crippen LogP contribution in [0, 0.1) is 0 Å². The van der Waals surface area contributed by atoms with E-state index in [1.807, 2.05) is 18.2 Å². The molecule has 0 saturated heterocycles. The lowest BCUT2D eigenvalue weighted by Crippen LogP contribution is -2.03. The molecule has 0 amide bonds. The van der Waals surface area contributed by atoms with Crippen LogP contribution < -0.4 is 0 Å². The molecule has 0 bridgehead atoms. The Labute approximate surface area is 228 Å².